The van der Waals surface area contributed by atoms with Crippen molar-refractivity contribution in [1.29, 1.82) is 0 Å². The highest BCUT2D eigenvalue weighted by Gasteiger charge is 2.15. The van der Waals surface area contributed by atoms with Crippen molar-refractivity contribution in [2.24, 2.45) is 5.73 Å². The number of hydrogen-bond donors (Lipinski definition) is 1. The van der Waals surface area contributed by atoms with E-state index >= 15 is 0 Å². The first-order valence-corrected chi connectivity index (χ1v) is 16.5. The molecule has 2 N–H and O–H groups in total. The molecule has 8 rings (SSSR count). The average molecular weight is 638 g/mol. The minimum Gasteiger partial charge on any atom is -0.327 e. The fourth-order valence-electron chi connectivity index (χ4n) is 5.98. The topological polar surface area (TPSA) is 77.6 Å². The predicted octanol–water partition coefficient (Wildman–Crippen LogP) is 10.8. The van der Waals surface area contributed by atoms with E-state index in [1.54, 1.807) is 12.4 Å². The van der Waals surface area contributed by atoms with Crippen LogP contribution in [0.15, 0.2) is 159 Å². The van der Waals surface area contributed by atoms with Crippen LogP contribution in [0.1, 0.15) is 26.3 Å². The molecule has 0 atom stereocenters. The van der Waals surface area contributed by atoms with Gasteiger partial charge in [0.2, 0.25) is 0 Å². The second kappa shape index (κ2) is 15.7. The predicted molar refractivity (Wildman–Crippen MR) is 207 cm³/mol. The van der Waals surface area contributed by atoms with E-state index in [0.29, 0.717) is 6.54 Å². The van der Waals surface area contributed by atoms with Crippen molar-refractivity contribution in [1.82, 2.24) is 19.9 Å². The van der Waals surface area contributed by atoms with Crippen LogP contribution in [-0.4, -0.2) is 26.5 Å². The van der Waals surface area contributed by atoms with Gasteiger partial charge in [-0.3, -0.25) is 15.0 Å². The van der Waals surface area contributed by atoms with Crippen LogP contribution in [0.4, 0.5) is 0 Å². The quantitative estimate of drug-likeness (QED) is 0.150. The van der Waals surface area contributed by atoms with Crippen LogP contribution < -0.4 is 5.73 Å². The van der Waals surface area contributed by atoms with E-state index in [9.17, 15) is 0 Å². The number of nitrogens with zero attached hydrogens (tertiary/aromatic N) is 4. The monoisotopic (exact) mass is 637 g/mol. The Balaban J connectivity index is 0.000000233. The van der Waals surface area contributed by atoms with Crippen LogP contribution in [0.3, 0.4) is 0 Å². The Morgan fingerprint density at radius 3 is 1.80 bits per heavy atom. The van der Waals surface area contributed by atoms with Gasteiger partial charge in [-0.1, -0.05) is 78.9 Å². The molecule has 5 nitrogen and oxygen atoms in total. The second-order valence-corrected chi connectivity index (χ2v) is 11.5. The Morgan fingerprint density at radius 2 is 1.20 bits per heavy atom. The normalized spacial score (nSPS) is 11.4. The summed E-state index contributed by atoms with van der Waals surface area (Å²) >= 11 is 0. The summed E-state index contributed by atoms with van der Waals surface area (Å²) in [7, 11) is 0. The number of pyridine rings is 4. The van der Waals surface area contributed by atoms with E-state index in [2.05, 4.69) is 101 Å². The molecule has 0 saturated heterocycles. The zero-order valence-corrected chi connectivity index (χ0v) is 28.1. The molecule has 4 aromatic carbocycles. The standard InChI is InChI=1S/C31H19N3.C9H11N.C4H9N/c1-4-28(20-14-17-32-18-15-20)34-29(5-1)25-11-7-22-8-12-26-24(23-3-2-16-33-19-23)10-6-21-9-13-27(25)31(22)30(21)26;1-3-8(2)9-4-6-10-7-5-9;1-2-3-4-5/h1-19H;3-7H,1-2H3;2-3H,4-5H2,1H3/b;8-3+;3-2+. The molecule has 0 radical (unpaired) electrons. The summed E-state index contributed by atoms with van der Waals surface area (Å²) in [5.41, 5.74) is 14.1. The minimum absolute atomic E-state index is 0.663. The van der Waals surface area contributed by atoms with Gasteiger partial charge in [0.1, 0.15) is 0 Å². The largest absolute Gasteiger partial charge is 0.327 e. The maximum absolute atomic E-state index is 5.05. The number of benzene rings is 4. The van der Waals surface area contributed by atoms with Crippen molar-refractivity contribution in [3.05, 3.63) is 164 Å². The lowest BCUT2D eigenvalue weighted by molar-refractivity contribution is 1.25. The Morgan fingerprint density at radius 1 is 0.592 bits per heavy atom. The molecule has 8 aromatic rings. The van der Waals surface area contributed by atoms with Crippen LogP contribution in [-0.2, 0) is 0 Å². The average Bonchev–Trinajstić information content (AvgIpc) is 3.18. The number of nitrogens with two attached hydrogens (primary N) is 1. The van der Waals surface area contributed by atoms with Gasteiger partial charge in [-0.2, -0.15) is 0 Å². The third-order valence-corrected chi connectivity index (χ3v) is 8.58. The first kappa shape index (κ1) is 32.9. The summed E-state index contributed by atoms with van der Waals surface area (Å²) < 4.78 is 0. The Kier molecular flexibility index (Phi) is 10.5. The number of aromatic nitrogens is 4. The van der Waals surface area contributed by atoms with Crippen LogP contribution in [0.25, 0.3) is 71.5 Å². The molecule has 0 aliphatic heterocycles. The zero-order valence-electron chi connectivity index (χ0n) is 28.1. The van der Waals surface area contributed by atoms with Crippen molar-refractivity contribution in [3.63, 3.8) is 0 Å². The molecule has 4 aromatic heterocycles. The van der Waals surface area contributed by atoms with Crippen molar-refractivity contribution in [2.45, 2.75) is 20.8 Å². The third-order valence-electron chi connectivity index (χ3n) is 8.58. The maximum Gasteiger partial charge on any atom is 0.0715 e. The Bertz CT molecular complexity index is 2330. The Hall–Kier alpha value is -6.04. The van der Waals surface area contributed by atoms with Gasteiger partial charge in [-0.05, 0) is 112 Å². The van der Waals surface area contributed by atoms with E-state index in [0.717, 1.165) is 28.1 Å². The summed E-state index contributed by atoms with van der Waals surface area (Å²) in [5, 5.41) is 7.54. The highest BCUT2D eigenvalue weighted by atomic mass is 14.7. The van der Waals surface area contributed by atoms with Gasteiger partial charge in [-0.25, -0.2) is 4.98 Å². The van der Waals surface area contributed by atoms with Crippen LogP contribution in [0.2, 0.25) is 0 Å². The molecule has 5 heteroatoms. The fraction of sp³-hybridized carbons (Fsp3) is 0.0909. The van der Waals surface area contributed by atoms with Crippen molar-refractivity contribution in [3.8, 4) is 33.6 Å². The Labute approximate surface area is 287 Å². The van der Waals surface area contributed by atoms with E-state index < -0.39 is 0 Å². The SMILES string of the molecule is C/C=C(\C)c1ccncc1.C/C=C/CN.c1cncc(-c2ccc3ccc4c(-c5cccc(-c6ccncc6)n5)ccc5ccc2c3c54)c1. The van der Waals surface area contributed by atoms with Gasteiger partial charge >= 0.3 is 0 Å². The molecule has 240 valence electrons. The lowest BCUT2D eigenvalue weighted by Crippen LogP contribution is -1.92. The van der Waals surface area contributed by atoms with Gasteiger partial charge in [0.15, 0.2) is 0 Å². The zero-order chi connectivity index (χ0) is 34.0. The summed E-state index contributed by atoms with van der Waals surface area (Å²) in [6.07, 6.45) is 16.9. The van der Waals surface area contributed by atoms with Crippen molar-refractivity contribution < 1.29 is 0 Å². The van der Waals surface area contributed by atoms with E-state index in [4.69, 9.17) is 10.7 Å². The molecule has 0 spiro atoms. The molecule has 0 unspecified atom stereocenters. The summed E-state index contributed by atoms with van der Waals surface area (Å²) in [6.45, 7) is 6.74. The van der Waals surface area contributed by atoms with Crippen molar-refractivity contribution in [2.75, 3.05) is 6.54 Å². The van der Waals surface area contributed by atoms with Crippen LogP contribution in [0.5, 0.6) is 0 Å². The summed E-state index contributed by atoms with van der Waals surface area (Å²) in [5.74, 6) is 0. The van der Waals surface area contributed by atoms with Crippen LogP contribution >= 0.6 is 0 Å². The second-order valence-electron chi connectivity index (χ2n) is 11.5. The lowest BCUT2D eigenvalue weighted by Gasteiger charge is -2.16. The highest BCUT2D eigenvalue weighted by molar-refractivity contribution is 6.27. The van der Waals surface area contributed by atoms with Gasteiger partial charge in [-0.15, -0.1) is 0 Å². The van der Waals surface area contributed by atoms with E-state index in [1.165, 1.54) is 49.0 Å². The fourth-order valence-corrected chi connectivity index (χ4v) is 5.98. The number of allylic oxidation sites excluding steroid dienone is 3. The van der Waals surface area contributed by atoms with Gasteiger partial charge in [0.05, 0.1) is 11.4 Å². The molecule has 0 bridgehead atoms. The molecule has 0 aliphatic carbocycles. The van der Waals surface area contributed by atoms with Gasteiger partial charge in [0, 0.05) is 60.4 Å². The summed E-state index contributed by atoms with van der Waals surface area (Å²) in [6, 6.07) is 36.1. The molecule has 0 aliphatic rings. The van der Waals surface area contributed by atoms with Crippen LogP contribution in [0, 0.1) is 0 Å². The van der Waals surface area contributed by atoms with Crippen molar-refractivity contribution >= 4 is 37.9 Å². The molecular weight excluding hydrogens is 599 g/mol. The lowest BCUT2D eigenvalue weighted by atomic mass is 9.88. The van der Waals surface area contributed by atoms with Gasteiger partial charge < -0.3 is 5.73 Å². The first-order chi connectivity index (χ1) is 24.1. The smallest absolute Gasteiger partial charge is 0.0715 e. The number of hydrogen-bond acceptors (Lipinski definition) is 5. The first-order valence-electron chi connectivity index (χ1n) is 16.5. The third kappa shape index (κ3) is 7.28. The maximum atomic E-state index is 5.05. The highest BCUT2D eigenvalue weighted by Crippen LogP contribution is 2.42. The number of rotatable bonds is 5. The molecule has 0 fully saturated rings. The summed E-state index contributed by atoms with van der Waals surface area (Å²) in [4.78, 5) is 17.4. The van der Waals surface area contributed by atoms with Gasteiger partial charge in [0.25, 0.3) is 0 Å². The molecule has 0 saturated carbocycles. The minimum atomic E-state index is 0.663. The molecule has 49 heavy (non-hydrogen) atoms. The van der Waals surface area contributed by atoms with E-state index in [1.807, 2.05) is 81.1 Å². The molecule has 0 amide bonds. The van der Waals surface area contributed by atoms with E-state index in [-0.39, 0.29) is 0 Å². The molecular formula is C44H39N5. The molecule has 4 heterocycles.